The summed E-state index contributed by atoms with van der Waals surface area (Å²) in [6, 6.07) is 5.61. The van der Waals surface area contributed by atoms with Crippen LogP contribution in [0, 0.1) is 0 Å². The number of rotatable bonds is 5. The van der Waals surface area contributed by atoms with E-state index in [9.17, 15) is 9.59 Å². The fourth-order valence-corrected chi connectivity index (χ4v) is 2.78. The number of hydrogen-bond donors (Lipinski definition) is 2. The van der Waals surface area contributed by atoms with Crippen LogP contribution in [0.3, 0.4) is 0 Å². The van der Waals surface area contributed by atoms with Crippen molar-refractivity contribution < 1.29 is 14.7 Å². The van der Waals surface area contributed by atoms with E-state index in [-0.39, 0.29) is 12.6 Å². The third-order valence-corrected chi connectivity index (χ3v) is 3.74. The topological polar surface area (TPSA) is 69.6 Å². The van der Waals surface area contributed by atoms with E-state index in [1.54, 1.807) is 0 Å². The molecule has 2 N–H and O–H groups in total. The molecule has 5 nitrogen and oxygen atoms in total. The van der Waals surface area contributed by atoms with Gasteiger partial charge in [0.15, 0.2) is 0 Å². The Hall–Kier alpha value is -2.04. The number of carbonyl (C=O) groups excluding carboxylic acids is 1. The molecule has 0 spiro atoms. The maximum absolute atomic E-state index is 12.3. The van der Waals surface area contributed by atoms with Crippen LogP contribution in [-0.4, -0.2) is 35.1 Å². The van der Waals surface area contributed by atoms with Crippen molar-refractivity contribution in [3.8, 4) is 0 Å². The summed E-state index contributed by atoms with van der Waals surface area (Å²) in [4.78, 5) is 24.5. The van der Waals surface area contributed by atoms with Crippen molar-refractivity contribution in [1.82, 2.24) is 4.90 Å². The first-order valence-electron chi connectivity index (χ1n) is 7.50. The largest absolute Gasteiger partial charge is 0.480 e. The van der Waals surface area contributed by atoms with Crippen LogP contribution in [0.25, 0.3) is 0 Å². The van der Waals surface area contributed by atoms with Crippen LogP contribution in [-0.2, 0) is 17.6 Å². The standard InChI is InChI=1S/C16H22N2O3/c1-2-10-18(11-15(19)20)16(21)17-14-9-5-7-12-6-3-4-8-13(12)14/h5,7,9H,2-4,6,8,10-11H2,1H3,(H,17,21)(H,19,20). The number of aliphatic carboxylic acids is 1. The second-order valence-electron chi connectivity index (χ2n) is 5.40. The molecule has 1 aliphatic carbocycles. The van der Waals surface area contributed by atoms with Crippen LogP contribution < -0.4 is 5.32 Å². The maximum atomic E-state index is 12.3. The van der Waals surface area contributed by atoms with Gasteiger partial charge in [0.2, 0.25) is 0 Å². The molecule has 0 unspecified atom stereocenters. The lowest BCUT2D eigenvalue weighted by Gasteiger charge is -2.23. The van der Waals surface area contributed by atoms with Crippen molar-refractivity contribution in [2.45, 2.75) is 39.0 Å². The van der Waals surface area contributed by atoms with E-state index < -0.39 is 5.97 Å². The number of fused-ring (bicyclic) bond motifs is 1. The quantitative estimate of drug-likeness (QED) is 0.876. The Morgan fingerprint density at radius 2 is 2.05 bits per heavy atom. The number of aryl methyl sites for hydroxylation is 1. The third-order valence-electron chi connectivity index (χ3n) is 3.74. The number of amides is 2. The van der Waals surface area contributed by atoms with Gasteiger partial charge in [0.1, 0.15) is 6.54 Å². The van der Waals surface area contributed by atoms with E-state index >= 15 is 0 Å². The molecule has 0 aromatic heterocycles. The van der Waals surface area contributed by atoms with Crippen LogP contribution in [0.4, 0.5) is 10.5 Å². The molecule has 0 heterocycles. The Balaban J connectivity index is 2.12. The Labute approximate surface area is 125 Å². The van der Waals surface area contributed by atoms with Crippen molar-refractivity contribution in [3.05, 3.63) is 29.3 Å². The molecule has 114 valence electrons. The lowest BCUT2D eigenvalue weighted by Crippen LogP contribution is -2.39. The summed E-state index contributed by atoms with van der Waals surface area (Å²) >= 11 is 0. The van der Waals surface area contributed by atoms with Gasteiger partial charge < -0.3 is 15.3 Å². The smallest absolute Gasteiger partial charge is 0.323 e. The Morgan fingerprint density at radius 1 is 1.29 bits per heavy atom. The first kappa shape index (κ1) is 15.4. The Kier molecular flexibility index (Phi) is 5.20. The van der Waals surface area contributed by atoms with E-state index in [0.29, 0.717) is 6.54 Å². The van der Waals surface area contributed by atoms with Gasteiger partial charge in [-0.2, -0.15) is 0 Å². The minimum Gasteiger partial charge on any atom is -0.480 e. The fourth-order valence-electron chi connectivity index (χ4n) is 2.78. The van der Waals surface area contributed by atoms with Crippen LogP contribution in [0.2, 0.25) is 0 Å². The highest BCUT2D eigenvalue weighted by molar-refractivity contribution is 5.92. The van der Waals surface area contributed by atoms with Crippen molar-refractivity contribution >= 4 is 17.7 Å². The molecule has 1 aromatic carbocycles. The molecule has 1 aliphatic rings. The fraction of sp³-hybridized carbons (Fsp3) is 0.500. The van der Waals surface area contributed by atoms with Crippen molar-refractivity contribution in [2.24, 2.45) is 0 Å². The normalized spacial score (nSPS) is 13.4. The number of benzene rings is 1. The molecule has 2 amide bonds. The van der Waals surface area contributed by atoms with E-state index in [1.807, 2.05) is 19.1 Å². The number of carboxylic acids is 1. The van der Waals surface area contributed by atoms with Gasteiger partial charge in [0.25, 0.3) is 0 Å². The summed E-state index contributed by atoms with van der Waals surface area (Å²) in [7, 11) is 0. The molecule has 0 atom stereocenters. The monoisotopic (exact) mass is 290 g/mol. The van der Waals surface area contributed by atoms with Crippen molar-refractivity contribution in [1.29, 1.82) is 0 Å². The number of hydrogen-bond acceptors (Lipinski definition) is 2. The average Bonchev–Trinajstić information content (AvgIpc) is 2.47. The molecular formula is C16H22N2O3. The highest BCUT2D eigenvalue weighted by Gasteiger charge is 2.19. The SMILES string of the molecule is CCCN(CC(=O)O)C(=O)Nc1cccc2c1CCCC2. The minimum atomic E-state index is -0.992. The van der Waals surface area contributed by atoms with Gasteiger partial charge in [0.05, 0.1) is 0 Å². The Bertz CT molecular complexity index is 528. The van der Waals surface area contributed by atoms with E-state index in [4.69, 9.17) is 5.11 Å². The van der Waals surface area contributed by atoms with Gasteiger partial charge in [-0.15, -0.1) is 0 Å². The van der Waals surface area contributed by atoms with Gasteiger partial charge in [0, 0.05) is 12.2 Å². The molecular weight excluding hydrogens is 268 g/mol. The summed E-state index contributed by atoms with van der Waals surface area (Å²) in [5.41, 5.74) is 3.31. The van der Waals surface area contributed by atoms with Gasteiger partial charge in [-0.25, -0.2) is 4.79 Å². The molecule has 0 radical (unpaired) electrons. The van der Waals surface area contributed by atoms with Gasteiger partial charge in [-0.1, -0.05) is 19.1 Å². The minimum absolute atomic E-state index is 0.269. The van der Waals surface area contributed by atoms with Crippen molar-refractivity contribution in [3.63, 3.8) is 0 Å². The lowest BCUT2D eigenvalue weighted by atomic mass is 9.90. The molecule has 0 bridgehead atoms. The van der Waals surface area contributed by atoms with Crippen LogP contribution in [0.5, 0.6) is 0 Å². The predicted molar refractivity (Wildman–Crippen MR) is 81.6 cm³/mol. The maximum Gasteiger partial charge on any atom is 0.323 e. The number of carbonyl (C=O) groups is 2. The zero-order valence-corrected chi connectivity index (χ0v) is 12.4. The molecule has 5 heteroatoms. The zero-order valence-electron chi connectivity index (χ0n) is 12.4. The molecule has 0 aliphatic heterocycles. The second kappa shape index (κ2) is 7.11. The molecule has 2 rings (SSSR count). The number of carboxylic acid groups (broad SMARTS) is 1. The summed E-state index contributed by atoms with van der Waals surface area (Å²) in [6.07, 6.45) is 5.07. The van der Waals surface area contributed by atoms with Gasteiger partial charge in [-0.05, 0) is 49.3 Å². The van der Waals surface area contributed by atoms with Crippen LogP contribution in [0.15, 0.2) is 18.2 Å². The van der Waals surface area contributed by atoms with Crippen molar-refractivity contribution in [2.75, 3.05) is 18.4 Å². The van der Waals surface area contributed by atoms with E-state index in [2.05, 4.69) is 11.4 Å². The first-order valence-corrected chi connectivity index (χ1v) is 7.50. The second-order valence-corrected chi connectivity index (χ2v) is 5.40. The molecule has 1 aromatic rings. The first-order chi connectivity index (χ1) is 10.1. The predicted octanol–water partition coefficient (Wildman–Crippen LogP) is 2.89. The van der Waals surface area contributed by atoms with E-state index in [1.165, 1.54) is 22.4 Å². The highest BCUT2D eigenvalue weighted by atomic mass is 16.4. The molecule has 0 fully saturated rings. The van der Waals surface area contributed by atoms with Crippen LogP contribution in [0.1, 0.15) is 37.3 Å². The summed E-state index contributed by atoms with van der Waals surface area (Å²) in [6.45, 7) is 2.09. The summed E-state index contributed by atoms with van der Waals surface area (Å²) in [5, 5.41) is 11.8. The number of nitrogens with zero attached hydrogens (tertiary/aromatic N) is 1. The van der Waals surface area contributed by atoms with Gasteiger partial charge >= 0.3 is 12.0 Å². The lowest BCUT2D eigenvalue weighted by molar-refractivity contribution is -0.137. The molecule has 0 saturated heterocycles. The molecule has 21 heavy (non-hydrogen) atoms. The number of urea groups is 1. The van der Waals surface area contributed by atoms with Crippen LogP contribution >= 0.6 is 0 Å². The molecule has 0 saturated carbocycles. The third kappa shape index (κ3) is 3.97. The summed E-state index contributed by atoms with van der Waals surface area (Å²) < 4.78 is 0. The highest BCUT2D eigenvalue weighted by Crippen LogP contribution is 2.28. The number of anilines is 1. The number of nitrogens with one attached hydrogen (secondary N) is 1. The van der Waals surface area contributed by atoms with E-state index in [0.717, 1.165) is 31.4 Å². The zero-order chi connectivity index (χ0) is 15.2. The Morgan fingerprint density at radius 3 is 2.76 bits per heavy atom. The average molecular weight is 290 g/mol. The summed E-state index contributed by atoms with van der Waals surface area (Å²) in [5.74, 6) is -0.992. The van der Waals surface area contributed by atoms with Gasteiger partial charge in [-0.3, -0.25) is 4.79 Å².